The Balaban J connectivity index is 1.51. The molecule has 8 nitrogen and oxygen atoms in total. The maximum absolute atomic E-state index is 12.6. The molecule has 0 unspecified atom stereocenters. The molecule has 0 aliphatic carbocycles. The van der Waals surface area contributed by atoms with Crippen LogP contribution in [0.3, 0.4) is 0 Å². The average Bonchev–Trinajstić information content (AvgIpc) is 3.08. The van der Waals surface area contributed by atoms with Crippen LogP contribution in [0.2, 0.25) is 5.02 Å². The molecule has 0 spiro atoms. The summed E-state index contributed by atoms with van der Waals surface area (Å²) in [6.07, 6.45) is 1.77. The molecule has 31 heavy (non-hydrogen) atoms. The van der Waals surface area contributed by atoms with Gasteiger partial charge in [0.1, 0.15) is 5.75 Å². The highest BCUT2D eigenvalue weighted by molar-refractivity contribution is 7.90. The Kier molecular flexibility index (Phi) is 5.63. The van der Waals surface area contributed by atoms with Crippen molar-refractivity contribution in [2.75, 3.05) is 18.2 Å². The van der Waals surface area contributed by atoms with Gasteiger partial charge in [-0.1, -0.05) is 29.8 Å². The Morgan fingerprint density at radius 1 is 1.23 bits per heavy atom. The second kappa shape index (κ2) is 8.24. The normalized spacial score (nSPS) is 15.6. The van der Waals surface area contributed by atoms with Crippen molar-refractivity contribution < 1.29 is 17.9 Å². The number of halogens is 1. The number of aryl methyl sites for hydroxylation is 1. The molecular weight excluding hydrogens is 440 g/mol. The van der Waals surface area contributed by atoms with Gasteiger partial charge in [-0.2, -0.15) is 0 Å². The van der Waals surface area contributed by atoms with E-state index in [4.69, 9.17) is 16.3 Å². The molecule has 0 saturated heterocycles. The first-order valence-electron chi connectivity index (χ1n) is 9.58. The second-order valence-electron chi connectivity index (χ2n) is 7.30. The average molecular weight is 461 g/mol. The summed E-state index contributed by atoms with van der Waals surface area (Å²) in [6.45, 7) is 2.27. The zero-order valence-corrected chi connectivity index (χ0v) is 18.5. The van der Waals surface area contributed by atoms with E-state index in [0.717, 1.165) is 17.5 Å². The Bertz CT molecular complexity index is 1260. The van der Waals surface area contributed by atoms with E-state index in [0.29, 0.717) is 35.3 Å². The van der Waals surface area contributed by atoms with Gasteiger partial charge in [0.2, 0.25) is 0 Å². The molecule has 0 saturated carbocycles. The van der Waals surface area contributed by atoms with Gasteiger partial charge in [0, 0.05) is 30.0 Å². The number of fused-ring (bicyclic) bond motifs is 1. The highest BCUT2D eigenvalue weighted by atomic mass is 35.5. The summed E-state index contributed by atoms with van der Waals surface area (Å²) >= 11 is 6.19. The molecular formula is C21H21ClN4O4S. The zero-order valence-electron chi connectivity index (χ0n) is 16.9. The number of nitrogens with zero attached hydrogens (tertiary/aromatic N) is 2. The number of sulfone groups is 1. The lowest BCUT2D eigenvalue weighted by Crippen LogP contribution is -2.35. The smallest absolute Gasteiger partial charge is 0.320 e. The van der Waals surface area contributed by atoms with Gasteiger partial charge in [0.05, 0.1) is 28.3 Å². The number of nitrogens with one attached hydrogen (secondary N) is 2. The number of ether oxygens (including phenoxy) is 1. The van der Waals surface area contributed by atoms with E-state index in [1.807, 2.05) is 19.1 Å². The number of amides is 2. The first-order chi connectivity index (χ1) is 14.7. The van der Waals surface area contributed by atoms with Gasteiger partial charge < -0.3 is 10.1 Å². The lowest BCUT2D eigenvalue weighted by Gasteiger charge is -2.27. The van der Waals surface area contributed by atoms with Crippen LogP contribution >= 0.6 is 11.6 Å². The summed E-state index contributed by atoms with van der Waals surface area (Å²) in [4.78, 5) is 12.8. The minimum Gasteiger partial charge on any atom is -0.492 e. The Labute approximate surface area is 185 Å². The minimum absolute atomic E-state index is 0.198. The minimum atomic E-state index is -3.34. The van der Waals surface area contributed by atoms with E-state index in [2.05, 4.69) is 15.7 Å². The quantitative estimate of drug-likeness (QED) is 0.615. The van der Waals surface area contributed by atoms with Gasteiger partial charge in [-0.15, -0.1) is 5.10 Å². The Morgan fingerprint density at radius 3 is 2.77 bits per heavy atom. The van der Waals surface area contributed by atoms with Crippen LogP contribution in [0.4, 0.5) is 10.6 Å². The van der Waals surface area contributed by atoms with E-state index in [-0.39, 0.29) is 10.9 Å². The highest BCUT2D eigenvalue weighted by Gasteiger charge is 2.25. The maximum atomic E-state index is 12.6. The fourth-order valence-electron chi connectivity index (χ4n) is 3.49. The Morgan fingerprint density at radius 2 is 2.00 bits per heavy atom. The first-order valence-corrected chi connectivity index (χ1v) is 11.9. The molecule has 1 aliphatic heterocycles. The predicted octanol–water partition coefficient (Wildman–Crippen LogP) is 3.88. The van der Waals surface area contributed by atoms with Gasteiger partial charge in [-0.25, -0.2) is 17.9 Å². The van der Waals surface area contributed by atoms with Crippen LogP contribution < -0.4 is 15.4 Å². The molecule has 0 radical (unpaired) electrons. The van der Waals surface area contributed by atoms with E-state index in [1.54, 1.807) is 35.0 Å². The molecule has 2 heterocycles. The third-order valence-electron chi connectivity index (χ3n) is 4.95. The van der Waals surface area contributed by atoms with Gasteiger partial charge in [-0.05, 0) is 31.2 Å². The van der Waals surface area contributed by atoms with Crippen LogP contribution in [-0.2, 0) is 9.84 Å². The number of rotatable bonds is 4. The standard InChI is InChI=1S/C21H21ClN4O4S/c1-13-11-19(25-26(13)14-5-3-6-15(12-14)31(2,28)29)24-21(27)23-18-9-10-30-20-16(18)7-4-8-17(20)22/h3-8,11-12,18H,9-10H2,1-2H3,(H2,23,24,25,27)/t18-/m0/s1. The summed E-state index contributed by atoms with van der Waals surface area (Å²) in [7, 11) is -3.34. The number of carbonyl (C=O) groups is 1. The molecule has 162 valence electrons. The number of para-hydroxylation sites is 1. The Hall–Kier alpha value is -3.04. The van der Waals surface area contributed by atoms with Gasteiger partial charge >= 0.3 is 6.03 Å². The molecule has 10 heteroatoms. The number of aromatic nitrogens is 2. The van der Waals surface area contributed by atoms with Crippen LogP contribution in [0.25, 0.3) is 5.69 Å². The van der Waals surface area contributed by atoms with Gasteiger partial charge in [0.15, 0.2) is 15.7 Å². The fraction of sp³-hybridized carbons (Fsp3) is 0.238. The molecule has 2 N–H and O–H groups in total. The molecule has 1 aliphatic rings. The van der Waals surface area contributed by atoms with Crippen molar-refractivity contribution in [1.82, 2.24) is 15.1 Å². The van der Waals surface area contributed by atoms with Crippen LogP contribution in [0.15, 0.2) is 53.4 Å². The van der Waals surface area contributed by atoms with Crippen molar-refractivity contribution in [3.8, 4) is 11.4 Å². The molecule has 3 aromatic rings. The van der Waals surface area contributed by atoms with Crippen molar-refractivity contribution in [3.05, 3.63) is 64.8 Å². The van der Waals surface area contributed by atoms with Crippen LogP contribution in [0, 0.1) is 6.92 Å². The number of hydrogen-bond acceptors (Lipinski definition) is 5. The molecule has 2 aromatic carbocycles. The third kappa shape index (κ3) is 4.52. The van der Waals surface area contributed by atoms with Crippen LogP contribution in [0.1, 0.15) is 23.7 Å². The van der Waals surface area contributed by atoms with Crippen LogP contribution in [-0.4, -0.2) is 37.1 Å². The number of hydrogen-bond donors (Lipinski definition) is 2. The van der Waals surface area contributed by atoms with E-state index < -0.39 is 15.9 Å². The number of anilines is 1. The zero-order chi connectivity index (χ0) is 22.2. The maximum Gasteiger partial charge on any atom is 0.320 e. The number of carbonyl (C=O) groups excluding carboxylic acids is 1. The molecule has 4 rings (SSSR count). The SMILES string of the molecule is Cc1cc(NC(=O)N[C@H]2CCOc3c(Cl)cccc32)nn1-c1cccc(S(C)(=O)=O)c1. The van der Waals surface area contributed by atoms with Crippen LogP contribution in [0.5, 0.6) is 5.75 Å². The van der Waals surface area contributed by atoms with E-state index in [9.17, 15) is 13.2 Å². The first kappa shape index (κ1) is 21.2. The molecule has 2 amide bonds. The second-order valence-corrected chi connectivity index (χ2v) is 9.72. The van der Waals surface area contributed by atoms with Crippen molar-refractivity contribution in [3.63, 3.8) is 0 Å². The summed E-state index contributed by atoms with van der Waals surface area (Å²) in [6, 6.07) is 13.0. The summed E-state index contributed by atoms with van der Waals surface area (Å²) in [5.74, 6) is 0.935. The molecule has 0 fully saturated rings. The van der Waals surface area contributed by atoms with Crippen molar-refractivity contribution >= 4 is 33.3 Å². The van der Waals surface area contributed by atoms with Crippen molar-refractivity contribution in [1.29, 1.82) is 0 Å². The predicted molar refractivity (Wildman–Crippen MR) is 118 cm³/mol. The molecule has 1 aromatic heterocycles. The van der Waals surface area contributed by atoms with Crippen molar-refractivity contribution in [2.24, 2.45) is 0 Å². The highest BCUT2D eigenvalue weighted by Crippen LogP contribution is 2.37. The summed E-state index contributed by atoms with van der Waals surface area (Å²) < 4.78 is 30.9. The fourth-order valence-corrected chi connectivity index (χ4v) is 4.39. The summed E-state index contributed by atoms with van der Waals surface area (Å²) in [5.41, 5.74) is 2.15. The van der Waals surface area contributed by atoms with Crippen molar-refractivity contribution in [2.45, 2.75) is 24.3 Å². The number of urea groups is 1. The largest absolute Gasteiger partial charge is 0.492 e. The van der Waals surface area contributed by atoms with E-state index >= 15 is 0 Å². The lowest BCUT2D eigenvalue weighted by molar-refractivity contribution is 0.232. The summed E-state index contributed by atoms with van der Waals surface area (Å²) in [5, 5.41) is 10.6. The lowest BCUT2D eigenvalue weighted by atomic mass is 10.0. The third-order valence-corrected chi connectivity index (χ3v) is 6.36. The molecule has 1 atom stereocenters. The monoisotopic (exact) mass is 460 g/mol. The number of benzene rings is 2. The molecule has 0 bridgehead atoms. The van der Waals surface area contributed by atoms with Gasteiger partial charge in [-0.3, -0.25) is 5.32 Å². The topological polar surface area (TPSA) is 102 Å². The van der Waals surface area contributed by atoms with Gasteiger partial charge in [0.25, 0.3) is 0 Å². The van der Waals surface area contributed by atoms with E-state index in [1.165, 1.54) is 6.07 Å².